The Hall–Kier alpha value is -1.13. The van der Waals surface area contributed by atoms with E-state index in [9.17, 15) is 9.18 Å². The summed E-state index contributed by atoms with van der Waals surface area (Å²) >= 11 is 0. The van der Waals surface area contributed by atoms with Crippen molar-refractivity contribution in [3.8, 4) is 0 Å². The maximum Gasteiger partial charge on any atom is 0.256 e. The van der Waals surface area contributed by atoms with Crippen LogP contribution >= 0.6 is 12.4 Å². The molecule has 0 bridgehead atoms. The van der Waals surface area contributed by atoms with Crippen molar-refractivity contribution in [1.29, 1.82) is 0 Å². The van der Waals surface area contributed by atoms with Crippen molar-refractivity contribution in [1.82, 2.24) is 10.2 Å². The maximum absolute atomic E-state index is 13.6. The Kier molecular flexibility index (Phi) is 5.56. The van der Waals surface area contributed by atoms with Crippen molar-refractivity contribution < 1.29 is 9.18 Å². The quantitative estimate of drug-likeness (QED) is 0.848. The summed E-state index contributed by atoms with van der Waals surface area (Å²) in [5.74, 6) is -0.632. The molecule has 2 rings (SSSR count). The molecular formula is C13H18ClFN2O. The highest BCUT2D eigenvalue weighted by Crippen LogP contribution is 2.13. The number of benzene rings is 1. The van der Waals surface area contributed by atoms with E-state index in [4.69, 9.17) is 0 Å². The van der Waals surface area contributed by atoms with E-state index < -0.39 is 5.82 Å². The SMILES string of the molecule is Cc1ccc(F)c(C(=O)N2CCCNCC2)c1.Cl. The Balaban J connectivity index is 0.00000162. The monoisotopic (exact) mass is 272 g/mol. The molecule has 3 nitrogen and oxygen atoms in total. The van der Waals surface area contributed by atoms with Gasteiger partial charge in [-0.1, -0.05) is 11.6 Å². The third-order valence-electron chi connectivity index (χ3n) is 2.98. The minimum Gasteiger partial charge on any atom is -0.337 e. The first-order valence-electron chi connectivity index (χ1n) is 5.94. The Morgan fingerprint density at radius 2 is 2.11 bits per heavy atom. The van der Waals surface area contributed by atoms with Crippen LogP contribution < -0.4 is 5.32 Å². The zero-order valence-corrected chi connectivity index (χ0v) is 11.2. The van der Waals surface area contributed by atoms with E-state index in [0.29, 0.717) is 13.1 Å². The zero-order valence-electron chi connectivity index (χ0n) is 10.4. The van der Waals surface area contributed by atoms with Crippen LogP contribution in [-0.4, -0.2) is 37.0 Å². The summed E-state index contributed by atoms with van der Waals surface area (Å²) in [6.07, 6.45) is 0.916. The normalized spacial score (nSPS) is 15.8. The van der Waals surface area contributed by atoms with Gasteiger partial charge in [-0.15, -0.1) is 12.4 Å². The maximum atomic E-state index is 13.6. The predicted octanol–water partition coefficient (Wildman–Crippen LogP) is 1.99. The number of aryl methyl sites for hydroxylation is 1. The second kappa shape index (κ2) is 6.71. The van der Waals surface area contributed by atoms with Gasteiger partial charge in [0.25, 0.3) is 5.91 Å². The molecule has 5 heteroatoms. The molecule has 1 saturated heterocycles. The summed E-state index contributed by atoms with van der Waals surface area (Å²) in [6, 6.07) is 4.66. The summed E-state index contributed by atoms with van der Waals surface area (Å²) in [5.41, 5.74) is 1.09. The highest BCUT2D eigenvalue weighted by atomic mass is 35.5. The standard InChI is InChI=1S/C13H17FN2O.ClH/c1-10-3-4-12(14)11(9-10)13(17)16-7-2-5-15-6-8-16;/h3-4,9,15H,2,5-8H2,1H3;1H. The van der Waals surface area contributed by atoms with Gasteiger partial charge in [0.2, 0.25) is 0 Å². The summed E-state index contributed by atoms with van der Waals surface area (Å²) < 4.78 is 13.6. The lowest BCUT2D eigenvalue weighted by atomic mass is 10.1. The van der Waals surface area contributed by atoms with Crippen molar-refractivity contribution in [2.45, 2.75) is 13.3 Å². The van der Waals surface area contributed by atoms with Crippen molar-refractivity contribution in [3.63, 3.8) is 0 Å². The summed E-state index contributed by atoms with van der Waals surface area (Å²) in [5, 5.41) is 3.22. The van der Waals surface area contributed by atoms with Crippen LogP contribution in [0.4, 0.5) is 4.39 Å². The van der Waals surface area contributed by atoms with Crippen LogP contribution in [0.15, 0.2) is 18.2 Å². The molecule has 0 unspecified atom stereocenters. The molecule has 0 atom stereocenters. The first kappa shape index (κ1) is 14.9. The largest absolute Gasteiger partial charge is 0.337 e. The number of rotatable bonds is 1. The summed E-state index contributed by atoms with van der Waals surface area (Å²) in [6.45, 7) is 4.89. The highest BCUT2D eigenvalue weighted by Gasteiger charge is 2.20. The van der Waals surface area contributed by atoms with Gasteiger partial charge in [0.1, 0.15) is 5.82 Å². The lowest BCUT2D eigenvalue weighted by molar-refractivity contribution is 0.0761. The van der Waals surface area contributed by atoms with Crippen LogP contribution in [0, 0.1) is 12.7 Å². The number of hydrogen-bond acceptors (Lipinski definition) is 2. The predicted molar refractivity (Wildman–Crippen MR) is 71.8 cm³/mol. The number of carbonyl (C=O) groups is 1. The van der Waals surface area contributed by atoms with E-state index in [0.717, 1.165) is 25.1 Å². The van der Waals surface area contributed by atoms with Gasteiger partial charge in [0.05, 0.1) is 5.56 Å². The zero-order chi connectivity index (χ0) is 12.3. The number of carbonyl (C=O) groups excluding carboxylic acids is 1. The molecule has 1 aromatic rings. The lowest BCUT2D eigenvalue weighted by Crippen LogP contribution is -2.34. The van der Waals surface area contributed by atoms with Crippen molar-refractivity contribution in [2.75, 3.05) is 26.2 Å². The van der Waals surface area contributed by atoms with E-state index in [-0.39, 0.29) is 23.9 Å². The smallest absolute Gasteiger partial charge is 0.256 e. The fraction of sp³-hybridized carbons (Fsp3) is 0.462. The molecule has 1 fully saturated rings. The van der Waals surface area contributed by atoms with Gasteiger partial charge in [0, 0.05) is 19.6 Å². The minimum absolute atomic E-state index is 0. The molecule has 0 radical (unpaired) electrons. The van der Waals surface area contributed by atoms with Gasteiger partial charge in [-0.2, -0.15) is 0 Å². The first-order valence-corrected chi connectivity index (χ1v) is 5.94. The van der Waals surface area contributed by atoms with Crippen molar-refractivity contribution in [2.24, 2.45) is 0 Å². The lowest BCUT2D eigenvalue weighted by Gasteiger charge is -2.20. The Morgan fingerprint density at radius 1 is 1.33 bits per heavy atom. The molecule has 18 heavy (non-hydrogen) atoms. The van der Waals surface area contributed by atoms with Gasteiger partial charge < -0.3 is 10.2 Å². The molecule has 0 aliphatic carbocycles. The van der Waals surface area contributed by atoms with Gasteiger partial charge in [-0.3, -0.25) is 4.79 Å². The third kappa shape index (κ3) is 3.43. The summed E-state index contributed by atoms with van der Waals surface area (Å²) in [4.78, 5) is 13.9. The molecule has 0 spiro atoms. The Bertz CT molecular complexity index is 417. The first-order chi connectivity index (χ1) is 8.18. The fourth-order valence-corrected chi connectivity index (χ4v) is 2.02. The molecule has 1 N–H and O–H groups in total. The average Bonchev–Trinajstić information content (AvgIpc) is 2.60. The van der Waals surface area contributed by atoms with Crippen LogP contribution in [0.2, 0.25) is 0 Å². The number of nitrogens with zero attached hydrogens (tertiary/aromatic N) is 1. The second-order valence-corrected chi connectivity index (χ2v) is 4.38. The van der Waals surface area contributed by atoms with Crippen molar-refractivity contribution >= 4 is 18.3 Å². The van der Waals surface area contributed by atoms with Crippen LogP contribution in [0.1, 0.15) is 22.3 Å². The summed E-state index contributed by atoms with van der Waals surface area (Å²) in [7, 11) is 0. The number of amides is 1. The Labute approximate surface area is 113 Å². The number of hydrogen-bond donors (Lipinski definition) is 1. The van der Waals surface area contributed by atoms with E-state index in [1.165, 1.54) is 6.07 Å². The van der Waals surface area contributed by atoms with E-state index in [1.807, 2.05) is 6.92 Å². The van der Waals surface area contributed by atoms with Crippen LogP contribution in [0.25, 0.3) is 0 Å². The van der Waals surface area contributed by atoms with Gasteiger partial charge in [0.15, 0.2) is 0 Å². The molecule has 1 aliphatic heterocycles. The fourth-order valence-electron chi connectivity index (χ4n) is 2.02. The van der Waals surface area contributed by atoms with E-state index in [1.54, 1.807) is 17.0 Å². The van der Waals surface area contributed by atoms with Gasteiger partial charge >= 0.3 is 0 Å². The number of halogens is 2. The van der Waals surface area contributed by atoms with Gasteiger partial charge in [-0.25, -0.2) is 4.39 Å². The highest BCUT2D eigenvalue weighted by molar-refractivity contribution is 5.94. The molecule has 0 aromatic heterocycles. The molecule has 1 amide bonds. The minimum atomic E-state index is -0.433. The van der Waals surface area contributed by atoms with E-state index in [2.05, 4.69) is 5.32 Å². The average molecular weight is 273 g/mol. The molecular weight excluding hydrogens is 255 g/mol. The van der Waals surface area contributed by atoms with Crippen LogP contribution in [0.3, 0.4) is 0 Å². The molecule has 0 saturated carbocycles. The molecule has 100 valence electrons. The topological polar surface area (TPSA) is 32.3 Å². The molecule has 1 aromatic carbocycles. The van der Waals surface area contributed by atoms with Gasteiger partial charge in [-0.05, 0) is 32.0 Å². The van der Waals surface area contributed by atoms with E-state index >= 15 is 0 Å². The van der Waals surface area contributed by atoms with Crippen LogP contribution in [-0.2, 0) is 0 Å². The van der Waals surface area contributed by atoms with Crippen LogP contribution in [0.5, 0.6) is 0 Å². The number of nitrogens with one attached hydrogen (secondary N) is 1. The molecule has 1 heterocycles. The second-order valence-electron chi connectivity index (χ2n) is 4.38. The third-order valence-corrected chi connectivity index (χ3v) is 2.98. The molecule has 1 aliphatic rings. The van der Waals surface area contributed by atoms with Crippen molar-refractivity contribution in [3.05, 3.63) is 35.1 Å². The Morgan fingerprint density at radius 3 is 2.89 bits per heavy atom.